The van der Waals surface area contributed by atoms with E-state index >= 15 is 0 Å². The van der Waals surface area contributed by atoms with Gasteiger partial charge in [-0.2, -0.15) is 9.19 Å². The van der Waals surface area contributed by atoms with Gasteiger partial charge in [-0.3, -0.25) is 0 Å². The maximum Gasteiger partial charge on any atom is 0.254 e. The van der Waals surface area contributed by atoms with Gasteiger partial charge >= 0.3 is 0 Å². The monoisotopic (exact) mass is 288 g/mol. The van der Waals surface area contributed by atoms with Gasteiger partial charge < -0.3 is 0 Å². The minimum Gasteiger partial charge on any atom is -0.205 e. The Bertz CT molecular complexity index is 604. The summed E-state index contributed by atoms with van der Waals surface area (Å²) < 4.78 is 25.3. The fourth-order valence-electron chi connectivity index (χ4n) is 1.34. The van der Waals surface area contributed by atoms with E-state index in [1.165, 1.54) is 0 Å². The van der Waals surface area contributed by atoms with E-state index in [2.05, 4.69) is 21.0 Å². The Labute approximate surface area is 96.1 Å². The molecule has 15 heavy (non-hydrogen) atoms. The van der Waals surface area contributed by atoms with Crippen LogP contribution in [0, 0.1) is 0 Å². The molecule has 0 saturated carbocycles. The lowest BCUT2D eigenvalue weighted by Gasteiger charge is -2.02. The number of aromatic nitrogens is 2. The minimum absolute atomic E-state index is 0.0380. The predicted molar refractivity (Wildman–Crippen MR) is 62.3 cm³/mol. The van der Waals surface area contributed by atoms with Crippen molar-refractivity contribution in [2.24, 2.45) is 0 Å². The van der Waals surface area contributed by atoms with Crippen LogP contribution in [0.4, 0.5) is 0 Å². The molecule has 0 saturated heterocycles. The number of nitrogens with zero attached hydrogens (tertiary/aromatic N) is 2. The average molecular weight is 289 g/mol. The lowest BCUT2D eigenvalue weighted by Crippen LogP contribution is -2.15. The molecule has 0 unspecified atom stereocenters. The van der Waals surface area contributed by atoms with Crippen molar-refractivity contribution in [2.45, 2.75) is 6.92 Å². The number of fused-ring (bicyclic) bond motifs is 1. The topological polar surface area (TPSA) is 52.0 Å². The van der Waals surface area contributed by atoms with Crippen molar-refractivity contribution in [1.82, 2.24) is 9.19 Å². The molecule has 0 spiro atoms. The van der Waals surface area contributed by atoms with E-state index in [1.807, 2.05) is 6.07 Å². The van der Waals surface area contributed by atoms with Crippen molar-refractivity contribution in [2.75, 3.05) is 5.75 Å². The molecule has 0 amide bonds. The summed E-state index contributed by atoms with van der Waals surface area (Å²) in [5.41, 5.74) is 0.603. The highest BCUT2D eigenvalue weighted by Crippen LogP contribution is 2.24. The lowest BCUT2D eigenvalue weighted by atomic mass is 10.3. The molecule has 2 rings (SSSR count). The smallest absolute Gasteiger partial charge is 0.205 e. The fourth-order valence-corrected chi connectivity index (χ4v) is 2.69. The largest absolute Gasteiger partial charge is 0.254 e. The standard InChI is InChI=1S/C9H9BrN2O2S/c1-2-15(13,14)12-9-5-3-4-8(10)7(9)6-11-12/h3-6H,2H2,1H3. The molecular weight excluding hydrogens is 280 g/mol. The first-order valence-electron chi connectivity index (χ1n) is 4.42. The van der Waals surface area contributed by atoms with E-state index in [0.717, 1.165) is 13.9 Å². The zero-order valence-electron chi connectivity index (χ0n) is 8.01. The van der Waals surface area contributed by atoms with Gasteiger partial charge in [-0.05, 0) is 19.1 Å². The molecule has 0 aliphatic rings. The van der Waals surface area contributed by atoms with Crippen molar-refractivity contribution in [3.63, 3.8) is 0 Å². The molecule has 0 radical (unpaired) electrons. The number of rotatable bonds is 2. The van der Waals surface area contributed by atoms with Crippen molar-refractivity contribution in [3.8, 4) is 0 Å². The van der Waals surface area contributed by atoms with Crippen LogP contribution in [0.3, 0.4) is 0 Å². The van der Waals surface area contributed by atoms with Crippen LogP contribution < -0.4 is 0 Å². The Morgan fingerprint density at radius 1 is 1.47 bits per heavy atom. The molecule has 0 bridgehead atoms. The molecule has 6 heteroatoms. The second-order valence-corrected chi connectivity index (χ2v) is 6.00. The third kappa shape index (κ3) is 1.68. The second-order valence-electron chi connectivity index (χ2n) is 3.06. The van der Waals surface area contributed by atoms with E-state index in [1.54, 1.807) is 25.3 Å². The van der Waals surface area contributed by atoms with E-state index in [0.29, 0.717) is 5.52 Å². The Kier molecular flexibility index (Phi) is 2.56. The van der Waals surface area contributed by atoms with Crippen LogP contribution in [0.25, 0.3) is 10.9 Å². The molecule has 1 aromatic heterocycles. The van der Waals surface area contributed by atoms with Gasteiger partial charge in [0, 0.05) is 9.86 Å². The molecular formula is C9H9BrN2O2S. The van der Waals surface area contributed by atoms with Crippen molar-refractivity contribution in [1.29, 1.82) is 0 Å². The first kappa shape index (κ1) is 10.6. The van der Waals surface area contributed by atoms with Crippen LogP contribution in [0.1, 0.15) is 6.92 Å². The summed E-state index contributed by atoms with van der Waals surface area (Å²) in [7, 11) is -3.31. The molecule has 4 nitrogen and oxygen atoms in total. The van der Waals surface area contributed by atoms with Gasteiger partial charge in [0.2, 0.25) is 0 Å². The first-order valence-corrected chi connectivity index (χ1v) is 6.82. The summed E-state index contributed by atoms with van der Waals surface area (Å²) in [6, 6.07) is 5.38. The lowest BCUT2D eigenvalue weighted by molar-refractivity contribution is 0.583. The zero-order valence-corrected chi connectivity index (χ0v) is 10.4. The first-order chi connectivity index (χ1) is 7.06. The van der Waals surface area contributed by atoms with Gasteiger partial charge in [0.1, 0.15) is 0 Å². The molecule has 0 fully saturated rings. The van der Waals surface area contributed by atoms with Crippen LogP contribution in [0.15, 0.2) is 28.9 Å². The molecule has 1 aromatic carbocycles. The Balaban J connectivity index is 2.81. The highest BCUT2D eigenvalue weighted by atomic mass is 79.9. The van der Waals surface area contributed by atoms with Crippen LogP contribution in [0.5, 0.6) is 0 Å². The predicted octanol–water partition coefficient (Wildman–Crippen LogP) is 2.00. The number of halogens is 1. The molecule has 0 N–H and O–H groups in total. The van der Waals surface area contributed by atoms with Crippen LogP contribution in [-0.2, 0) is 10.0 Å². The molecule has 0 aliphatic carbocycles. The average Bonchev–Trinajstić information content (AvgIpc) is 2.63. The summed E-state index contributed by atoms with van der Waals surface area (Å²) in [5.74, 6) is 0.0380. The summed E-state index contributed by atoms with van der Waals surface area (Å²) in [4.78, 5) is 0. The summed E-state index contributed by atoms with van der Waals surface area (Å²) >= 11 is 3.35. The Morgan fingerprint density at radius 3 is 2.87 bits per heavy atom. The van der Waals surface area contributed by atoms with Crippen molar-refractivity contribution >= 4 is 36.9 Å². The van der Waals surface area contributed by atoms with E-state index in [-0.39, 0.29) is 5.75 Å². The number of hydrogen-bond donors (Lipinski definition) is 0. The van der Waals surface area contributed by atoms with Gasteiger partial charge in [-0.1, -0.05) is 22.0 Å². The van der Waals surface area contributed by atoms with Gasteiger partial charge in [-0.15, -0.1) is 0 Å². The normalized spacial score (nSPS) is 12.1. The van der Waals surface area contributed by atoms with E-state index in [4.69, 9.17) is 0 Å². The minimum atomic E-state index is -3.31. The Hall–Kier alpha value is -0.880. The number of benzene rings is 1. The highest BCUT2D eigenvalue weighted by molar-refractivity contribution is 9.10. The van der Waals surface area contributed by atoms with Gasteiger partial charge in [-0.25, -0.2) is 8.42 Å². The van der Waals surface area contributed by atoms with Crippen LogP contribution in [-0.4, -0.2) is 23.4 Å². The zero-order chi connectivity index (χ0) is 11.1. The molecule has 2 aromatic rings. The maximum absolute atomic E-state index is 11.7. The SMILES string of the molecule is CCS(=O)(=O)n1ncc2c(Br)cccc21. The maximum atomic E-state index is 11.7. The third-order valence-electron chi connectivity index (χ3n) is 2.16. The van der Waals surface area contributed by atoms with Gasteiger partial charge in [0.25, 0.3) is 10.0 Å². The summed E-state index contributed by atoms with van der Waals surface area (Å²) in [6.45, 7) is 1.60. The fraction of sp³-hybridized carbons (Fsp3) is 0.222. The van der Waals surface area contributed by atoms with Crippen LogP contribution in [0.2, 0.25) is 0 Å². The quantitative estimate of drug-likeness (QED) is 0.849. The van der Waals surface area contributed by atoms with Crippen molar-refractivity contribution < 1.29 is 8.42 Å². The molecule has 0 aliphatic heterocycles. The van der Waals surface area contributed by atoms with Crippen LogP contribution >= 0.6 is 15.9 Å². The third-order valence-corrected chi connectivity index (χ3v) is 4.40. The molecule has 0 atom stereocenters. The van der Waals surface area contributed by atoms with Gasteiger partial charge in [0.15, 0.2) is 0 Å². The van der Waals surface area contributed by atoms with Crippen molar-refractivity contribution in [3.05, 3.63) is 28.9 Å². The van der Waals surface area contributed by atoms with E-state index in [9.17, 15) is 8.42 Å². The highest BCUT2D eigenvalue weighted by Gasteiger charge is 2.15. The second kappa shape index (κ2) is 3.61. The van der Waals surface area contributed by atoms with E-state index < -0.39 is 10.0 Å². The summed E-state index contributed by atoms with van der Waals surface area (Å²) in [6.07, 6.45) is 1.55. The molecule has 80 valence electrons. The number of hydrogen-bond acceptors (Lipinski definition) is 3. The molecule has 1 heterocycles. The Morgan fingerprint density at radius 2 is 2.20 bits per heavy atom. The van der Waals surface area contributed by atoms with Gasteiger partial charge in [0.05, 0.1) is 17.5 Å². The summed E-state index contributed by atoms with van der Waals surface area (Å²) in [5, 5.41) is 4.70.